The number of hydrogen-bond donors (Lipinski definition) is 0. The highest BCUT2D eigenvalue weighted by atomic mass is 19.1. The summed E-state index contributed by atoms with van der Waals surface area (Å²) in [5.74, 6) is 0.554. The predicted octanol–water partition coefficient (Wildman–Crippen LogP) is 2.99. The lowest BCUT2D eigenvalue weighted by Gasteiger charge is -2.18. The second kappa shape index (κ2) is 7.45. The number of benzene rings is 2. The van der Waals surface area contributed by atoms with Crippen LogP contribution in [0.2, 0.25) is 0 Å². The molecule has 0 aliphatic rings. The van der Waals surface area contributed by atoms with E-state index in [0.29, 0.717) is 18.9 Å². The van der Waals surface area contributed by atoms with Crippen molar-refractivity contribution in [3.05, 3.63) is 59.9 Å². The molecule has 0 bridgehead atoms. The summed E-state index contributed by atoms with van der Waals surface area (Å²) in [5, 5.41) is 0. The Morgan fingerprint density at radius 1 is 1.09 bits per heavy atom. The zero-order valence-corrected chi connectivity index (χ0v) is 12.6. The summed E-state index contributed by atoms with van der Waals surface area (Å²) in [7, 11) is 3.21. The highest BCUT2D eigenvalue weighted by Gasteiger charge is 2.15. The molecule has 5 heteroatoms. The van der Waals surface area contributed by atoms with E-state index in [1.165, 1.54) is 17.0 Å². The fourth-order valence-corrected chi connectivity index (χ4v) is 1.91. The molecule has 22 heavy (non-hydrogen) atoms. The first-order valence-corrected chi connectivity index (χ1v) is 6.88. The van der Waals surface area contributed by atoms with Gasteiger partial charge >= 0.3 is 0 Å². The van der Waals surface area contributed by atoms with Gasteiger partial charge in [0.05, 0.1) is 19.2 Å². The lowest BCUT2D eigenvalue weighted by Crippen LogP contribution is -2.31. The average molecular weight is 303 g/mol. The van der Waals surface area contributed by atoms with E-state index >= 15 is 0 Å². The van der Waals surface area contributed by atoms with Gasteiger partial charge in [-0.2, -0.15) is 0 Å². The fraction of sp³-hybridized carbons (Fsp3) is 0.235. The Labute approximate surface area is 129 Å². The highest BCUT2D eigenvalue weighted by Crippen LogP contribution is 2.17. The monoisotopic (exact) mass is 303 g/mol. The van der Waals surface area contributed by atoms with Crippen molar-refractivity contribution in [1.29, 1.82) is 0 Å². The second-order valence-corrected chi connectivity index (χ2v) is 4.73. The van der Waals surface area contributed by atoms with Crippen molar-refractivity contribution in [2.45, 2.75) is 0 Å². The normalized spacial score (nSPS) is 10.1. The van der Waals surface area contributed by atoms with Crippen molar-refractivity contribution in [1.82, 2.24) is 4.90 Å². The first-order valence-electron chi connectivity index (χ1n) is 6.88. The van der Waals surface area contributed by atoms with Crippen LogP contribution in [0.1, 0.15) is 10.4 Å². The van der Waals surface area contributed by atoms with Gasteiger partial charge in [-0.1, -0.05) is 12.1 Å². The molecule has 0 aliphatic carbocycles. The minimum absolute atomic E-state index is 0.0643. The van der Waals surface area contributed by atoms with Crippen molar-refractivity contribution >= 4 is 5.91 Å². The van der Waals surface area contributed by atoms with Crippen molar-refractivity contribution in [2.24, 2.45) is 0 Å². The van der Waals surface area contributed by atoms with Crippen LogP contribution in [-0.4, -0.2) is 38.1 Å². The lowest BCUT2D eigenvalue weighted by molar-refractivity contribution is 0.0769. The summed E-state index contributed by atoms with van der Waals surface area (Å²) >= 11 is 0. The van der Waals surface area contributed by atoms with Gasteiger partial charge in [-0.15, -0.1) is 0 Å². The minimum atomic E-state index is -0.518. The van der Waals surface area contributed by atoms with Crippen LogP contribution in [0.25, 0.3) is 0 Å². The molecule has 0 atom stereocenters. The van der Waals surface area contributed by atoms with Crippen molar-refractivity contribution in [2.75, 3.05) is 27.3 Å². The number of ether oxygens (including phenoxy) is 2. The Morgan fingerprint density at radius 3 is 2.36 bits per heavy atom. The van der Waals surface area contributed by atoms with Crippen molar-refractivity contribution < 1.29 is 18.7 Å². The third kappa shape index (κ3) is 3.97. The third-order valence-electron chi connectivity index (χ3n) is 3.21. The number of halogens is 1. The largest absolute Gasteiger partial charge is 0.497 e. The summed E-state index contributed by atoms with van der Waals surface area (Å²) < 4.78 is 24.2. The molecule has 0 unspecified atom stereocenters. The number of amides is 1. The van der Waals surface area contributed by atoms with Gasteiger partial charge in [-0.05, 0) is 36.4 Å². The molecule has 4 nitrogen and oxygen atoms in total. The van der Waals surface area contributed by atoms with Crippen molar-refractivity contribution in [3.63, 3.8) is 0 Å². The van der Waals surface area contributed by atoms with Crippen LogP contribution in [0.3, 0.4) is 0 Å². The number of carbonyl (C=O) groups is 1. The molecular weight excluding hydrogens is 285 g/mol. The zero-order valence-electron chi connectivity index (χ0n) is 12.6. The number of likely N-dealkylation sites (N-methyl/N-ethyl adjacent to an activating group) is 1. The van der Waals surface area contributed by atoms with Crippen LogP contribution < -0.4 is 9.47 Å². The van der Waals surface area contributed by atoms with Crippen LogP contribution in [0.5, 0.6) is 11.5 Å². The van der Waals surface area contributed by atoms with Gasteiger partial charge in [0.2, 0.25) is 0 Å². The molecule has 116 valence electrons. The molecule has 0 radical (unpaired) electrons. The summed E-state index contributed by atoms with van der Waals surface area (Å²) in [6, 6.07) is 13.1. The van der Waals surface area contributed by atoms with Gasteiger partial charge in [0, 0.05) is 7.05 Å². The molecule has 0 heterocycles. The SMILES string of the molecule is COc1ccc(OCCN(C)C(=O)c2ccccc2F)cc1. The molecular formula is C17H18FNO3. The van der Waals surface area contributed by atoms with Crippen LogP contribution in [0.4, 0.5) is 4.39 Å². The van der Waals surface area contributed by atoms with Crippen molar-refractivity contribution in [3.8, 4) is 11.5 Å². The van der Waals surface area contributed by atoms with Gasteiger partial charge in [-0.25, -0.2) is 4.39 Å². The molecule has 2 aromatic rings. The topological polar surface area (TPSA) is 38.8 Å². The Kier molecular flexibility index (Phi) is 5.36. The standard InChI is InChI=1S/C17H18FNO3/c1-19(17(20)15-5-3-4-6-16(15)18)11-12-22-14-9-7-13(21-2)8-10-14/h3-10H,11-12H2,1-2H3. The van der Waals surface area contributed by atoms with E-state index in [2.05, 4.69) is 0 Å². The molecule has 2 rings (SSSR count). The maximum atomic E-state index is 13.6. The Balaban J connectivity index is 1.85. The number of nitrogens with zero attached hydrogens (tertiary/aromatic N) is 1. The molecule has 1 amide bonds. The van der Waals surface area contributed by atoms with Crippen LogP contribution in [0.15, 0.2) is 48.5 Å². The Hall–Kier alpha value is -2.56. The summed E-state index contributed by atoms with van der Waals surface area (Å²) in [4.78, 5) is 13.5. The number of hydrogen-bond acceptors (Lipinski definition) is 3. The van der Waals surface area contributed by atoms with Gasteiger partial charge in [0.25, 0.3) is 5.91 Å². The van der Waals surface area contributed by atoms with Gasteiger partial charge in [-0.3, -0.25) is 4.79 Å². The second-order valence-electron chi connectivity index (χ2n) is 4.73. The molecule has 0 aromatic heterocycles. The summed E-state index contributed by atoms with van der Waals surface area (Å²) in [6.45, 7) is 0.683. The molecule has 0 saturated heterocycles. The van der Waals surface area contributed by atoms with E-state index in [1.807, 2.05) is 0 Å². The predicted molar refractivity (Wildman–Crippen MR) is 81.8 cm³/mol. The molecule has 0 N–H and O–H groups in total. The van der Waals surface area contributed by atoms with E-state index in [-0.39, 0.29) is 11.5 Å². The van der Waals surface area contributed by atoms with Crippen LogP contribution >= 0.6 is 0 Å². The first-order chi connectivity index (χ1) is 10.6. The van der Waals surface area contributed by atoms with E-state index in [1.54, 1.807) is 50.6 Å². The zero-order chi connectivity index (χ0) is 15.9. The number of carbonyl (C=O) groups excluding carboxylic acids is 1. The molecule has 0 spiro atoms. The summed E-state index contributed by atoms with van der Waals surface area (Å²) in [5.41, 5.74) is 0.0643. The molecule has 0 aliphatic heterocycles. The molecule has 0 fully saturated rings. The fourth-order valence-electron chi connectivity index (χ4n) is 1.91. The van der Waals surface area contributed by atoms with Gasteiger partial charge in [0.15, 0.2) is 0 Å². The average Bonchev–Trinajstić information content (AvgIpc) is 2.55. The van der Waals surface area contributed by atoms with E-state index in [4.69, 9.17) is 9.47 Å². The van der Waals surface area contributed by atoms with Crippen LogP contribution in [-0.2, 0) is 0 Å². The van der Waals surface area contributed by atoms with Crippen LogP contribution in [0, 0.1) is 5.82 Å². The number of methoxy groups -OCH3 is 1. The van der Waals surface area contributed by atoms with E-state index < -0.39 is 5.82 Å². The Bertz CT molecular complexity index is 628. The quantitative estimate of drug-likeness (QED) is 0.823. The number of rotatable bonds is 6. The highest BCUT2D eigenvalue weighted by molar-refractivity contribution is 5.94. The summed E-state index contributed by atoms with van der Waals surface area (Å²) in [6.07, 6.45) is 0. The maximum absolute atomic E-state index is 13.6. The molecule has 0 saturated carbocycles. The van der Waals surface area contributed by atoms with E-state index in [0.717, 1.165) is 5.75 Å². The third-order valence-corrected chi connectivity index (χ3v) is 3.21. The Morgan fingerprint density at radius 2 is 1.73 bits per heavy atom. The minimum Gasteiger partial charge on any atom is -0.497 e. The van der Waals surface area contributed by atoms with E-state index in [9.17, 15) is 9.18 Å². The lowest BCUT2D eigenvalue weighted by atomic mass is 10.2. The molecule has 2 aromatic carbocycles. The smallest absolute Gasteiger partial charge is 0.256 e. The van der Waals surface area contributed by atoms with Gasteiger partial charge < -0.3 is 14.4 Å². The van der Waals surface area contributed by atoms with Gasteiger partial charge in [0.1, 0.15) is 23.9 Å². The maximum Gasteiger partial charge on any atom is 0.256 e. The first kappa shape index (κ1) is 15.8.